The minimum absolute atomic E-state index is 0.199. The highest BCUT2D eigenvalue weighted by molar-refractivity contribution is 5.82. The zero-order valence-corrected chi connectivity index (χ0v) is 16.2. The van der Waals surface area contributed by atoms with Gasteiger partial charge in [-0.1, -0.05) is 6.07 Å². The van der Waals surface area contributed by atoms with Crippen molar-refractivity contribution >= 4 is 23.0 Å². The maximum Gasteiger partial charge on any atom is 0.307 e. The minimum atomic E-state index is -0.643. The van der Waals surface area contributed by atoms with Crippen LogP contribution in [0.5, 0.6) is 0 Å². The van der Waals surface area contributed by atoms with Crippen LogP contribution in [0, 0.1) is 17.8 Å². The van der Waals surface area contributed by atoms with Crippen LogP contribution in [0.15, 0.2) is 30.6 Å². The minimum Gasteiger partial charge on any atom is -0.481 e. The molecule has 2 aromatic heterocycles. The highest BCUT2D eigenvalue weighted by atomic mass is 16.4. The van der Waals surface area contributed by atoms with E-state index in [1.54, 1.807) is 0 Å². The normalized spacial score (nSPS) is 25.5. The van der Waals surface area contributed by atoms with Gasteiger partial charge in [-0.05, 0) is 48.8 Å². The molecule has 6 rings (SSSR count). The summed E-state index contributed by atoms with van der Waals surface area (Å²) in [6.45, 7) is 2.51. The average Bonchev–Trinajstić information content (AvgIpc) is 3.39. The van der Waals surface area contributed by atoms with E-state index in [0.717, 1.165) is 55.5 Å². The first-order valence-electron chi connectivity index (χ1n) is 10.5. The molecule has 0 spiro atoms. The Morgan fingerprint density at radius 1 is 1.07 bits per heavy atom. The number of imidazole rings is 1. The molecule has 2 aliphatic heterocycles. The Morgan fingerprint density at radius 3 is 2.55 bits per heavy atom. The van der Waals surface area contributed by atoms with E-state index in [4.69, 9.17) is 4.98 Å². The van der Waals surface area contributed by atoms with E-state index in [-0.39, 0.29) is 17.8 Å². The molecule has 2 fully saturated rings. The number of nitrogens with zero attached hydrogens (tertiary/aromatic N) is 5. The molecule has 3 aliphatic rings. The number of aliphatic carboxylic acids is 1. The van der Waals surface area contributed by atoms with Gasteiger partial charge in [0.2, 0.25) is 5.95 Å². The van der Waals surface area contributed by atoms with Gasteiger partial charge >= 0.3 is 5.97 Å². The number of carboxylic acid groups (broad SMARTS) is 1. The second-order valence-electron chi connectivity index (χ2n) is 8.62. The van der Waals surface area contributed by atoms with Crippen LogP contribution >= 0.6 is 0 Å². The summed E-state index contributed by atoms with van der Waals surface area (Å²) in [6.07, 6.45) is 7.98. The first kappa shape index (κ1) is 16.9. The summed E-state index contributed by atoms with van der Waals surface area (Å²) in [4.78, 5) is 27.7. The smallest absolute Gasteiger partial charge is 0.307 e. The number of piperidine rings is 1. The number of aromatic nitrogens is 4. The highest BCUT2D eigenvalue weighted by Crippen LogP contribution is 2.42. The number of carboxylic acids is 1. The van der Waals surface area contributed by atoms with Gasteiger partial charge in [-0.2, -0.15) is 0 Å². The maximum absolute atomic E-state index is 11.5. The Labute approximate surface area is 168 Å². The summed E-state index contributed by atoms with van der Waals surface area (Å²) in [6, 6.07) is 6.36. The Balaban J connectivity index is 1.26. The number of hydrogen-bond donors (Lipinski definition) is 1. The lowest BCUT2D eigenvalue weighted by Crippen LogP contribution is -2.45. The molecule has 3 aromatic rings. The molecule has 1 N–H and O–H groups in total. The molecule has 2 bridgehead atoms. The molecule has 7 nitrogen and oxygen atoms in total. The van der Waals surface area contributed by atoms with Gasteiger partial charge in [-0.3, -0.25) is 4.79 Å². The predicted molar refractivity (Wildman–Crippen MR) is 109 cm³/mol. The summed E-state index contributed by atoms with van der Waals surface area (Å²) in [5.74, 6) is 1.47. The van der Waals surface area contributed by atoms with Crippen molar-refractivity contribution in [1.29, 1.82) is 0 Å². The van der Waals surface area contributed by atoms with Crippen molar-refractivity contribution in [2.24, 2.45) is 17.8 Å². The van der Waals surface area contributed by atoms with Crippen LogP contribution in [0.2, 0.25) is 0 Å². The van der Waals surface area contributed by atoms with Gasteiger partial charge in [0, 0.05) is 44.0 Å². The Kier molecular flexibility index (Phi) is 3.66. The molecule has 1 aliphatic carbocycles. The average molecular weight is 389 g/mol. The zero-order valence-electron chi connectivity index (χ0n) is 16.2. The standard InChI is InChI=1S/C22H23N5O2/c28-21(29)20-14-3-4-15(20)12-26(11-14)22-23-9-16(10-24-22)13-5-6-17-18(8-13)27-7-1-2-19(27)25-17/h5-6,8-10,14-15,20H,1-4,7,11-12H2,(H,28,29)/t14-,15?,20?/m1/s1. The predicted octanol–water partition coefficient (Wildman–Crippen LogP) is 2.99. The number of anilines is 1. The first-order valence-corrected chi connectivity index (χ1v) is 10.5. The second-order valence-corrected chi connectivity index (χ2v) is 8.62. The van der Waals surface area contributed by atoms with Gasteiger partial charge < -0.3 is 14.6 Å². The fourth-order valence-corrected chi connectivity index (χ4v) is 5.61. The summed E-state index contributed by atoms with van der Waals surface area (Å²) in [5.41, 5.74) is 4.33. The lowest BCUT2D eigenvalue weighted by atomic mass is 9.85. The number of rotatable bonds is 3. The molecule has 1 aromatic carbocycles. The van der Waals surface area contributed by atoms with Crippen LogP contribution in [0.3, 0.4) is 0 Å². The molecule has 29 heavy (non-hydrogen) atoms. The van der Waals surface area contributed by atoms with E-state index in [1.165, 1.54) is 17.8 Å². The molecule has 0 amide bonds. The molecule has 148 valence electrons. The number of hydrogen-bond acceptors (Lipinski definition) is 5. The van der Waals surface area contributed by atoms with Gasteiger partial charge in [-0.25, -0.2) is 15.0 Å². The monoisotopic (exact) mass is 389 g/mol. The van der Waals surface area contributed by atoms with Crippen molar-refractivity contribution in [2.75, 3.05) is 18.0 Å². The third kappa shape index (κ3) is 2.63. The van der Waals surface area contributed by atoms with Crippen LogP contribution in [-0.4, -0.2) is 43.7 Å². The maximum atomic E-state index is 11.5. The zero-order chi connectivity index (χ0) is 19.5. The largest absolute Gasteiger partial charge is 0.481 e. The third-order valence-electron chi connectivity index (χ3n) is 6.98. The van der Waals surface area contributed by atoms with Crippen molar-refractivity contribution in [1.82, 2.24) is 19.5 Å². The van der Waals surface area contributed by atoms with E-state index in [9.17, 15) is 9.90 Å². The van der Waals surface area contributed by atoms with E-state index in [2.05, 4.69) is 37.6 Å². The highest BCUT2D eigenvalue weighted by Gasteiger charge is 2.46. The Bertz CT molecular complexity index is 1090. The summed E-state index contributed by atoms with van der Waals surface area (Å²) < 4.78 is 2.32. The van der Waals surface area contributed by atoms with Crippen LogP contribution < -0.4 is 4.90 Å². The fourth-order valence-electron chi connectivity index (χ4n) is 5.61. The fraction of sp³-hybridized carbons (Fsp3) is 0.455. The van der Waals surface area contributed by atoms with Gasteiger partial charge in [0.05, 0.1) is 17.0 Å². The summed E-state index contributed by atoms with van der Waals surface area (Å²) >= 11 is 0. The van der Waals surface area contributed by atoms with Gasteiger partial charge in [0.25, 0.3) is 0 Å². The molecule has 0 radical (unpaired) electrons. The quantitative estimate of drug-likeness (QED) is 0.741. The SMILES string of the molecule is O=C(O)C1C2CC[C@@H]1CN(c1ncc(-c3ccc4nc5n(c4c3)CCC5)cn1)C2. The second kappa shape index (κ2) is 6.27. The molecular formula is C22H23N5O2. The summed E-state index contributed by atoms with van der Waals surface area (Å²) in [7, 11) is 0. The summed E-state index contributed by atoms with van der Waals surface area (Å²) in [5, 5.41) is 9.50. The van der Waals surface area contributed by atoms with Crippen molar-refractivity contribution < 1.29 is 9.90 Å². The van der Waals surface area contributed by atoms with E-state index in [1.807, 2.05) is 12.4 Å². The molecule has 3 atom stereocenters. The van der Waals surface area contributed by atoms with Crippen LogP contribution in [0.4, 0.5) is 5.95 Å². The first-order chi connectivity index (χ1) is 14.2. The van der Waals surface area contributed by atoms with Gasteiger partial charge in [0.15, 0.2) is 0 Å². The van der Waals surface area contributed by atoms with E-state index >= 15 is 0 Å². The van der Waals surface area contributed by atoms with Crippen molar-refractivity contribution in [2.45, 2.75) is 32.2 Å². The van der Waals surface area contributed by atoms with Crippen molar-refractivity contribution in [3.63, 3.8) is 0 Å². The lowest BCUT2D eigenvalue weighted by molar-refractivity contribution is -0.144. The lowest BCUT2D eigenvalue weighted by Gasteiger charge is -2.35. The molecule has 1 saturated heterocycles. The van der Waals surface area contributed by atoms with Crippen LogP contribution in [-0.2, 0) is 17.8 Å². The number of carbonyl (C=O) groups is 1. The topological polar surface area (TPSA) is 84.1 Å². The number of fused-ring (bicyclic) bond motifs is 5. The molecule has 4 heterocycles. The molecule has 2 unspecified atom stereocenters. The number of aryl methyl sites for hydroxylation is 2. The van der Waals surface area contributed by atoms with Crippen LogP contribution in [0.25, 0.3) is 22.2 Å². The third-order valence-corrected chi connectivity index (χ3v) is 6.98. The Hall–Kier alpha value is -2.96. The molecule has 7 heteroatoms. The molecule has 1 saturated carbocycles. The van der Waals surface area contributed by atoms with Gasteiger partial charge in [0.1, 0.15) is 5.82 Å². The van der Waals surface area contributed by atoms with Gasteiger partial charge in [-0.15, -0.1) is 0 Å². The molecular weight excluding hydrogens is 366 g/mol. The number of benzene rings is 1. The Morgan fingerprint density at radius 2 is 1.83 bits per heavy atom. The van der Waals surface area contributed by atoms with E-state index < -0.39 is 5.97 Å². The van der Waals surface area contributed by atoms with Crippen molar-refractivity contribution in [3.8, 4) is 11.1 Å². The van der Waals surface area contributed by atoms with Crippen molar-refractivity contribution in [3.05, 3.63) is 36.4 Å². The van der Waals surface area contributed by atoms with Crippen LogP contribution in [0.1, 0.15) is 25.1 Å². The van der Waals surface area contributed by atoms with E-state index in [0.29, 0.717) is 5.95 Å².